The molecule has 0 bridgehead atoms. The number of hydrogen-bond donors (Lipinski definition) is 1. The maximum Gasteiger partial charge on any atom is 0.404 e. The molecule has 0 fully saturated rings. The molecule has 0 aliphatic rings. The Bertz CT molecular complexity index is 131. The molecular weight excluding hydrogens is 160 g/mol. The van der Waals surface area contributed by atoms with Gasteiger partial charge in [-0.3, -0.25) is 0 Å². The van der Waals surface area contributed by atoms with Crippen molar-refractivity contribution in [3.63, 3.8) is 0 Å². The van der Waals surface area contributed by atoms with Gasteiger partial charge < -0.3 is 15.2 Å². The quantitative estimate of drug-likeness (QED) is 0.674. The van der Waals surface area contributed by atoms with Crippen molar-refractivity contribution < 1.29 is 23.0 Å². The third-order valence-electron chi connectivity index (χ3n) is 0.795. The second-order valence-corrected chi connectivity index (χ2v) is 1.84. The molecule has 0 aromatic heterocycles. The van der Waals surface area contributed by atoms with Crippen LogP contribution in [0.2, 0.25) is 0 Å². The summed E-state index contributed by atoms with van der Waals surface area (Å²) < 4.78 is 31.0. The largest absolute Gasteiger partial charge is 0.447 e. The van der Waals surface area contributed by atoms with E-state index >= 15 is 0 Å². The molecule has 0 heterocycles. The van der Waals surface area contributed by atoms with Crippen molar-refractivity contribution in [3.05, 3.63) is 0 Å². The van der Waals surface area contributed by atoms with Gasteiger partial charge in [-0.2, -0.15) is 8.78 Å². The van der Waals surface area contributed by atoms with Crippen molar-refractivity contribution in [1.29, 1.82) is 0 Å². The molecule has 0 aromatic carbocycles. The smallest absolute Gasteiger partial charge is 0.404 e. The minimum atomic E-state index is -2.86. The molecule has 0 aromatic rings. The van der Waals surface area contributed by atoms with Gasteiger partial charge in [0, 0.05) is 0 Å². The van der Waals surface area contributed by atoms with Gasteiger partial charge in [0.2, 0.25) is 0 Å². The van der Waals surface area contributed by atoms with E-state index in [-0.39, 0.29) is 6.61 Å². The molecule has 2 N–H and O–H groups in total. The minimum absolute atomic E-state index is 0.264. The van der Waals surface area contributed by atoms with Crippen LogP contribution in [0.5, 0.6) is 0 Å². The highest BCUT2D eigenvalue weighted by Gasteiger charge is 2.10. The second-order valence-electron chi connectivity index (χ2n) is 1.84. The van der Waals surface area contributed by atoms with Crippen molar-refractivity contribution in [3.8, 4) is 0 Å². The molecule has 0 aliphatic carbocycles. The standard InChI is InChI=1S/C5H9F2NO3/c1-3(11-4(6)7)2-10-5(8)9/h3-4H,2H2,1H3,(H2,8,9)/t3-/m0/s1. The van der Waals surface area contributed by atoms with E-state index in [0.29, 0.717) is 0 Å². The van der Waals surface area contributed by atoms with Crippen molar-refractivity contribution in [1.82, 2.24) is 0 Å². The third-order valence-corrected chi connectivity index (χ3v) is 0.795. The van der Waals surface area contributed by atoms with Gasteiger partial charge in [-0.1, -0.05) is 0 Å². The van der Waals surface area contributed by atoms with Gasteiger partial charge in [-0.05, 0) is 6.92 Å². The number of carbonyl (C=O) groups excluding carboxylic acids is 1. The van der Waals surface area contributed by atoms with E-state index in [0.717, 1.165) is 0 Å². The maximum absolute atomic E-state index is 11.4. The Labute approximate surface area is 62.3 Å². The lowest BCUT2D eigenvalue weighted by Crippen LogP contribution is -2.23. The zero-order valence-electron chi connectivity index (χ0n) is 5.92. The van der Waals surface area contributed by atoms with Crippen LogP contribution < -0.4 is 5.73 Å². The lowest BCUT2D eigenvalue weighted by atomic mass is 10.4. The number of ether oxygens (including phenoxy) is 2. The van der Waals surface area contributed by atoms with Gasteiger partial charge in [0.25, 0.3) is 0 Å². The monoisotopic (exact) mass is 169 g/mol. The number of nitrogens with two attached hydrogens (primary N) is 1. The van der Waals surface area contributed by atoms with Crippen molar-refractivity contribution in [2.75, 3.05) is 6.61 Å². The highest BCUT2D eigenvalue weighted by atomic mass is 19.3. The first-order chi connectivity index (χ1) is 5.02. The summed E-state index contributed by atoms with van der Waals surface area (Å²) in [6, 6.07) is 0. The Morgan fingerprint density at radius 3 is 2.55 bits per heavy atom. The molecule has 0 saturated heterocycles. The molecule has 0 saturated carbocycles. The van der Waals surface area contributed by atoms with E-state index in [9.17, 15) is 13.6 Å². The van der Waals surface area contributed by atoms with Gasteiger partial charge in [0.1, 0.15) is 6.61 Å². The SMILES string of the molecule is C[C@@H](COC(N)=O)OC(F)F. The van der Waals surface area contributed by atoms with E-state index in [1.807, 2.05) is 0 Å². The average Bonchev–Trinajstić information content (AvgIpc) is 1.82. The Hall–Kier alpha value is -0.910. The predicted octanol–water partition coefficient (Wildman–Crippen LogP) is 0.709. The fourth-order valence-electron chi connectivity index (χ4n) is 0.414. The summed E-state index contributed by atoms with van der Waals surface area (Å²) in [5.74, 6) is 0. The van der Waals surface area contributed by atoms with Gasteiger partial charge in [0.05, 0.1) is 6.10 Å². The Morgan fingerprint density at radius 2 is 2.18 bits per heavy atom. The summed E-state index contributed by atoms with van der Waals surface area (Å²) >= 11 is 0. The van der Waals surface area contributed by atoms with Crippen LogP contribution in [-0.4, -0.2) is 25.4 Å². The molecule has 11 heavy (non-hydrogen) atoms. The van der Waals surface area contributed by atoms with E-state index in [1.165, 1.54) is 6.92 Å². The summed E-state index contributed by atoms with van der Waals surface area (Å²) in [7, 11) is 0. The highest BCUT2D eigenvalue weighted by molar-refractivity contribution is 5.64. The first-order valence-electron chi connectivity index (χ1n) is 2.88. The summed E-state index contributed by atoms with van der Waals surface area (Å²) in [6.45, 7) is -1.78. The molecular formula is C5H9F2NO3. The van der Waals surface area contributed by atoms with Crippen LogP contribution in [0.1, 0.15) is 6.92 Å². The Morgan fingerprint density at radius 1 is 1.64 bits per heavy atom. The van der Waals surface area contributed by atoms with Gasteiger partial charge in [-0.15, -0.1) is 0 Å². The molecule has 0 aliphatic heterocycles. The highest BCUT2D eigenvalue weighted by Crippen LogP contribution is 2.00. The predicted molar refractivity (Wildman–Crippen MR) is 32.1 cm³/mol. The van der Waals surface area contributed by atoms with Crippen LogP contribution in [0.4, 0.5) is 13.6 Å². The first kappa shape index (κ1) is 10.1. The number of rotatable bonds is 4. The molecule has 6 heteroatoms. The number of halogens is 2. The molecule has 0 radical (unpaired) electrons. The summed E-state index contributed by atoms with van der Waals surface area (Å²) in [6.07, 6.45) is -1.85. The molecule has 0 spiro atoms. The van der Waals surface area contributed by atoms with Crippen LogP contribution >= 0.6 is 0 Å². The van der Waals surface area contributed by atoms with Crippen molar-refractivity contribution in [2.45, 2.75) is 19.6 Å². The van der Waals surface area contributed by atoms with E-state index in [4.69, 9.17) is 0 Å². The summed E-state index contributed by atoms with van der Waals surface area (Å²) in [4.78, 5) is 9.95. The number of alkyl halides is 2. The van der Waals surface area contributed by atoms with Gasteiger partial charge in [-0.25, -0.2) is 4.79 Å². The Balaban J connectivity index is 3.37. The van der Waals surface area contributed by atoms with E-state index in [1.54, 1.807) is 0 Å². The number of carbonyl (C=O) groups is 1. The summed E-state index contributed by atoms with van der Waals surface area (Å²) in [5, 5.41) is 0. The normalized spacial score (nSPS) is 13.1. The molecule has 1 atom stereocenters. The lowest BCUT2D eigenvalue weighted by Gasteiger charge is -2.10. The minimum Gasteiger partial charge on any atom is -0.447 e. The first-order valence-corrected chi connectivity index (χ1v) is 2.88. The van der Waals surface area contributed by atoms with E-state index in [2.05, 4.69) is 15.2 Å². The van der Waals surface area contributed by atoms with Crippen LogP contribution in [-0.2, 0) is 9.47 Å². The third kappa shape index (κ3) is 6.98. The van der Waals surface area contributed by atoms with Crippen molar-refractivity contribution in [2.24, 2.45) is 5.73 Å². The molecule has 66 valence electrons. The van der Waals surface area contributed by atoms with Crippen LogP contribution in [0.15, 0.2) is 0 Å². The van der Waals surface area contributed by atoms with Crippen molar-refractivity contribution >= 4 is 6.09 Å². The second kappa shape index (κ2) is 4.84. The van der Waals surface area contributed by atoms with Gasteiger partial charge in [0.15, 0.2) is 0 Å². The van der Waals surface area contributed by atoms with Crippen LogP contribution in [0.3, 0.4) is 0 Å². The van der Waals surface area contributed by atoms with Gasteiger partial charge >= 0.3 is 12.7 Å². The molecule has 1 amide bonds. The molecule has 4 nitrogen and oxygen atoms in total. The topological polar surface area (TPSA) is 61.5 Å². The average molecular weight is 169 g/mol. The lowest BCUT2D eigenvalue weighted by molar-refractivity contribution is -0.166. The summed E-state index contributed by atoms with van der Waals surface area (Å²) in [5.41, 5.74) is 4.57. The zero-order chi connectivity index (χ0) is 8.85. The fraction of sp³-hybridized carbons (Fsp3) is 0.800. The van der Waals surface area contributed by atoms with Crippen LogP contribution in [0, 0.1) is 0 Å². The molecule has 0 rings (SSSR count). The number of amides is 1. The fourth-order valence-corrected chi connectivity index (χ4v) is 0.414. The van der Waals surface area contributed by atoms with Crippen LogP contribution in [0.25, 0.3) is 0 Å². The zero-order valence-corrected chi connectivity index (χ0v) is 5.92. The number of hydrogen-bond acceptors (Lipinski definition) is 3. The molecule has 0 unspecified atom stereocenters. The van der Waals surface area contributed by atoms with E-state index < -0.39 is 18.8 Å². The number of primary amides is 1. The maximum atomic E-state index is 11.4. The Kier molecular flexibility index (Phi) is 4.44.